The minimum absolute atomic E-state index is 0.251. The highest BCUT2D eigenvalue weighted by Gasteiger charge is 2.19. The number of carbonyl (C=O) groups excluding carboxylic acids is 1. The minimum Gasteiger partial charge on any atom is -0.413 e. The Labute approximate surface area is 194 Å². The molecule has 0 spiro atoms. The molecule has 0 aliphatic heterocycles. The van der Waals surface area contributed by atoms with Crippen LogP contribution in [0.3, 0.4) is 0 Å². The van der Waals surface area contributed by atoms with Gasteiger partial charge < -0.3 is 10.2 Å². The zero-order chi connectivity index (χ0) is 22.8. The third-order valence-electron chi connectivity index (χ3n) is 5.40. The smallest absolute Gasteiger partial charge is 0.256 e. The van der Waals surface area contributed by atoms with Crippen LogP contribution in [0.2, 0.25) is 5.02 Å². The largest absolute Gasteiger partial charge is 0.413 e. The molecular weight excluding hydrogens is 441 g/mol. The molecule has 0 aliphatic carbocycles. The van der Waals surface area contributed by atoms with Crippen molar-refractivity contribution < 1.29 is 14.0 Å². The Balaban J connectivity index is 1.53. The van der Waals surface area contributed by atoms with Gasteiger partial charge in [-0.25, -0.2) is 4.39 Å². The van der Waals surface area contributed by atoms with Gasteiger partial charge in [-0.15, -0.1) is 0 Å². The molecule has 0 unspecified atom stereocenters. The van der Waals surface area contributed by atoms with E-state index in [2.05, 4.69) is 10.3 Å². The molecule has 3 aromatic carbocycles. The molecule has 0 saturated heterocycles. The van der Waals surface area contributed by atoms with Crippen LogP contribution < -0.4 is 10.2 Å². The van der Waals surface area contributed by atoms with Crippen LogP contribution in [0.25, 0.3) is 21.8 Å². The first-order chi connectivity index (χ1) is 16.1. The molecule has 0 saturated carbocycles. The van der Waals surface area contributed by atoms with Crippen molar-refractivity contribution in [2.75, 3.05) is 11.9 Å². The maximum Gasteiger partial charge on any atom is 0.256 e. The van der Waals surface area contributed by atoms with Gasteiger partial charge >= 0.3 is 0 Å². The second-order valence-corrected chi connectivity index (χ2v) is 8.00. The summed E-state index contributed by atoms with van der Waals surface area (Å²) in [6, 6.07) is 20.9. The van der Waals surface area contributed by atoms with Gasteiger partial charge in [0.2, 0.25) is 0 Å². The molecule has 1 N–H and O–H groups in total. The van der Waals surface area contributed by atoms with Crippen LogP contribution in [0.15, 0.2) is 85.2 Å². The maximum absolute atomic E-state index is 13.2. The average molecular weight is 460 g/mol. The van der Waals surface area contributed by atoms with Crippen molar-refractivity contribution >= 4 is 45.0 Å². The zero-order valence-electron chi connectivity index (χ0n) is 17.5. The molecule has 164 valence electrons. The summed E-state index contributed by atoms with van der Waals surface area (Å²) in [5, 5.41) is 5.02. The summed E-state index contributed by atoms with van der Waals surface area (Å²) in [6.07, 6.45) is 3.85. The highest BCUT2D eigenvalue weighted by atomic mass is 35.5. The number of nitrogens with zero attached hydrogens (tertiary/aromatic N) is 2. The lowest BCUT2D eigenvalue weighted by atomic mass is 10.1. The molecule has 7 heteroatoms. The summed E-state index contributed by atoms with van der Waals surface area (Å²) < 4.78 is 14.9. The SMILES string of the molecule is O=C(Nc1cccnc1)c1cccc2c1c1cc(Cl)ccc1n2OCCc1ccc(F)cc1. The number of amides is 1. The van der Waals surface area contributed by atoms with Crippen molar-refractivity contribution in [3.05, 3.63) is 107 Å². The third-order valence-corrected chi connectivity index (χ3v) is 5.63. The van der Waals surface area contributed by atoms with Crippen LogP contribution in [0.1, 0.15) is 15.9 Å². The van der Waals surface area contributed by atoms with Gasteiger partial charge in [-0.2, -0.15) is 4.73 Å². The van der Waals surface area contributed by atoms with Gasteiger partial charge in [-0.05, 0) is 60.2 Å². The Morgan fingerprint density at radius 1 is 1.03 bits per heavy atom. The van der Waals surface area contributed by atoms with E-state index in [4.69, 9.17) is 16.4 Å². The summed E-state index contributed by atoms with van der Waals surface area (Å²) in [5.74, 6) is -0.519. The number of hydrogen-bond acceptors (Lipinski definition) is 3. The highest BCUT2D eigenvalue weighted by molar-refractivity contribution is 6.32. The molecule has 0 radical (unpaired) electrons. The van der Waals surface area contributed by atoms with E-state index in [0.717, 1.165) is 27.4 Å². The number of carbonyl (C=O) groups is 1. The van der Waals surface area contributed by atoms with Crippen LogP contribution in [0.4, 0.5) is 10.1 Å². The minimum atomic E-state index is -0.268. The molecule has 2 aromatic heterocycles. The fraction of sp³-hybridized carbons (Fsp3) is 0.0769. The third kappa shape index (κ3) is 4.25. The predicted octanol–water partition coefficient (Wildman–Crippen LogP) is 5.91. The molecule has 2 heterocycles. The van der Waals surface area contributed by atoms with E-state index in [1.807, 2.05) is 24.3 Å². The summed E-state index contributed by atoms with van der Waals surface area (Å²) in [7, 11) is 0. The number of nitrogens with one attached hydrogen (secondary N) is 1. The number of pyridine rings is 1. The van der Waals surface area contributed by atoms with Crippen LogP contribution >= 0.6 is 11.6 Å². The first-order valence-corrected chi connectivity index (χ1v) is 10.8. The van der Waals surface area contributed by atoms with Crippen molar-refractivity contribution in [1.29, 1.82) is 0 Å². The summed E-state index contributed by atoms with van der Waals surface area (Å²) in [4.78, 5) is 23.3. The van der Waals surface area contributed by atoms with Crippen LogP contribution in [-0.2, 0) is 6.42 Å². The van der Waals surface area contributed by atoms with Crippen LogP contribution in [-0.4, -0.2) is 22.2 Å². The number of aromatic nitrogens is 2. The number of fused-ring (bicyclic) bond motifs is 3. The van der Waals surface area contributed by atoms with E-state index < -0.39 is 0 Å². The Morgan fingerprint density at radius 3 is 2.67 bits per heavy atom. The summed E-state index contributed by atoms with van der Waals surface area (Å²) >= 11 is 6.30. The van der Waals surface area contributed by atoms with E-state index in [1.54, 1.807) is 53.5 Å². The summed E-state index contributed by atoms with van der Waals surface area (Å²) in [5.41, 5.74) is 3.64. The van der Waals surface area contributed by atoms with Gasteiger partial charge in [-0.3, -0.25) is 9.78 Å². The normalized spacial score (nSPS) is 11.1. The van der Waals surface area contributed by atoms with E-state index >= 15 is 0 Å². The van der Waals surface area contributed by atoms with Gasteiger partial charge in [0, 0.05) is 34.0 Å². The van der Waals surface area contributed by atoms with Crippen molar-refractivity contribution in [2.24, 2.45) is 0 Å². The van der Waals surface area contributed by atoms with E-state index in [0.29, 0.717) is 29.3 Å². The molecule has 0 atom stereocenters. The van der Waals surface area contributed by atoms with E-state index in [-0.39, 0.29) is 11.7 Å². The molecule has 33 heavy (non-hydrogen) atoms. The lowest BCUT2D eigenvalue weighted by Gasteiger charge is -2.11. The fourth-order valence-electron chi connectivity index (χ4n) is 3.88. The Kier molecular flexibility index (Phi) is 5.67. The monoisotopic (exact) mass is 459 g/mol. The molecule has 0 fully saturated rings. The fourth-order valence-corrected chi connectivity index (χ4v) is 4.05. The Bertz CT molecular complexity index is 1450. The van der Waals surface area contributed by atoms with E-state index in [1.165, 1.54) is 12.1 Å². The molecule has 1 amide bonds. The van der Waals surface area contributed by atoms with Crippen LogP contribution in [0, 0.1) is 5.82 Å². The molecule has 5 nitrogen and oxygen atoms in total. The number of halogens is 2. The highest BCUT2D eigenvalue weighted by Crippen LogP contribution is 2.33. The standard InChI is InChI=1S/C26H19ClFN3O2/c27-18-8-11-23-22(15-18)25-21(26(32)30-20-3-2-13-29-16-20)4-1-5-24(25)31(23)33-14-12-17-6-9-19(28)10-7-17/h1-11,13,15-16H,12,14H2,(H,30,32). The Morgan fingerprint density at radius 2 is 1.88 bits per heavy atom. The van der Waals surface area contributed by atoms with Gasteiger partial charge in [0.15, 0.2) is 0 Å². The maximum atomic E-state index is 13.2. The van der Waals surface area contributed by atoms with Crippen molar-refractivity contribution in [1.82, 2.24) is 9.71 Å². The van der Waals surface area contributed by atoms with Gasteiger partial charge in [0.1, 0.15) is 12.4 Å². The zero-order valence-corrected chi connectivity index (χ0v) is 18.2. The number of anilines is 1. The molecular formula is C26H19ClFN3O2. The van der Waals surface area contributed by atoms with Gasteiger partial charge in [0.05, 0.1) is 22.9 Å². The lowest BCUT2D eigenvalue weighted by molar-refractivity contribution is 0.102. The topological polar surface area (TPSA) is 56.2 Å². The first-order valence-electron chi connectivity index (χ1n) is 10.4. The molecule has 5 aromatic rings. The number of hydrogen-bond donors (Lipinski definition) is 1. The van der Waals surface area contributed by atoms with Gasteiger partial charge in [-0.1, -0.05) is 29.8 Å². The second kappa shape index (κ2) is 8.92. The van der Waals surface area contributed by atoms with Crippen molar-refractivity contribution in [3.8, 4) is 0 Å². The summed E-state index contributed by atoms with van der Waals surface area (Å²) in [6.45, 7) is 0.374. The molecule has 5 rings (SSSR count). The number of benzene rings is 3. The lowest BCUT2D eigenvalue weighted by Crippen LogP contribution is -2.15. The van der Waals surface area contributed by atoms with Crippen LogP contribution in [0.5, 0.6) is 0 Å². The average Bonchev–Trinajstić information content (AvgIpc) is 3.14. The molecule has 0 bridgehead atoms. The van der Waals surface area contributed by atoms with E-state index in [9.17, 15) is 9.18 Å². The van der Waals surface area contributed by atoms with Crippen molar-refractivity contribution in [2.45, 2.75) is 6.42 Å². The van der Waals surface area contributed by atoms with Gasteiger partial charge in [0.25, 0.3) is 5.91 Å². The Hall–Kier alpha value is -3.90. The predicted molar refractivity (Wildman–Crippen MR) is 128 cm³/mol. The molecule has 0 aliphatic rings. The quantitative estimate of drug-likeness (QED) is 0.343. The van der Waals surface area contributed by atoms with Crippen molar-refractivity contribution in [3.63, 3.8) is 0 Å². The second-order valence-electron chi connectivity index (χ2n) is 7.56. The first kappa shape index (κ1) is 21.0. The number of rotatable bonds is 6.